The van der Waals surface area contributed by atoms with Gasteiger partial charge in [0.2, 0.25) is 0 Å². The number of carbonyl (C=O) groups is 1. The predicted molar refractivity (Wildman–Crippen MR) is 82.4 cm³/mol. The zero-order valence-corrected chi connectivity index (χ0v) is 12.9. The van der Waals surface area contributed by atoms with E-state index in [1.165, 1.54) is 25.9 Å². The first kappa shape index (κ1) is 15.9. The molecule has 0 radical (unpaired) electrons. The molecule has 1 aromatic rings. The molecule has 2 heterocycles. The molecule has 0 aromatic carbocycles. The Kier molecular flexibility index (Phi) is 5.67. The highest BCUT2D eigenvalue weighted by molar-refractivity contribution is 5.93. The summed E-state index contributed by atoms with van der Waals surface area (Å²) < 4.78 is 0. The van der Waals surface area contributed by atoms with Gasteiger partial charge in [0.15, 0.2) is 0 Å². The molecule has 1 saturated heterocycles. The van der Waals surface area contributed by atoms with Crippen molar-refractivity contribution in [3.8, 4) is 0 Å². The Morgan fingerprint density at radius 3 is 2.76 bits per heavy atom. The lowest BCUT2D eigenvalue weighted by Gasteiger charge is -2.31. The van der Waals surface area contributed by atoms with Gasteiger partial charge in [-0.2, -0.15) is 0 Å². The van der Waals surface area contributed by atoms with E-state index in [1.54, 1.807) is 12.3 Å². The average molecular weight is 291 g/mol. The summed E-state index contributed by atoms with van der Waals surface area (Å²) in [7, 11) is 4.31. The van der Waals surface area contributed by atoms with Crippen LogP contribution < -0.4 is 11.3 Å². The van der Waals surface area contributed by atoms with E-state index in [0.717, 1.165) is 24.7 Å². The van der Waals surface area contributed by atoms with Gasteiger partial charge in [0, 0.05) is 19.3 Å². The second kappa shape index (κ2) is 7.49. The lowest BCUT2D eigenvalue weighted by Crippen LogP contribution is -2.35. The first-order valence-electron chi connectivity index (χ1n) is 7.41. The molecule has 1 amide bonds. The van der Waals surface area contributed by atoms with Crippen molar-refractivity contribution in [2.75, 3.05) is 33.7 Å². The van der Waals surface area contributed by atoms with Gasteiger partial charge in [0.05, 0.1) is 11.3 Å². The van der Waals surface area contributed by atoms with Crippen LogP contribution in [0.3, 0.4) is 0 Å². The van der Waals surface area contributed by atoms with Crippen molar-refractivity contribution in [2.24, 2.45) is 11.8 Å². The fourth-order valence-electron chi connectivity index (χ4n) is 2.76. The lowest BCUT2D eigenvalue weighted by molar-refractivity contribution is 0.0953. The Hall–Kier alpha value is -1.50. The molecule has 3 N–H and O–H groups in total. The number of hydrogen-bond donors (Lipinski definition) is 2. The third-order valence-corrected chi connectivity index (χ3v) is 4.06. The van der Waals surface area contributed by atoms with Gasteiger partial charge in [-0.3, -0.25) is 15.2 Å². The zero-order valence-electron chi connectivity index (χ0n) is 12.9. The topological polar surface area (TPSA) is 74.5 Å². The van der Waals surface area contributed by atoms with Crippen LogP contribution in [0.25, 0.3) is 0 Å². The fraction of sp³-hybridized carbons (Fsp3) is 0.600. The van der Waals surface area contributed by atoms with Crippen molar-refractivity contribution in [3.05, 3.63) is 29.6 Å². The Bertz CT molecular complexity index is 454. The van der Waals surface area contributed by atoms with E-state index < -0.39 is 0 Å². The average Bonchev–Trinajstić information content (AvgIpc) is 2.49. The number of piperidine rings is 1. The number of rotatable bonds is 5. The third kappa shape index (κ3) is 4.77. The number of amides is 1. The smallest absolute Gasteiger partial charge is 0.266 e. The number of nitrogens with zero attached hydrogens (tertiary/aromatic N) is 3. The minimum Gasteiger partial charge on any atom is -0.306 e. The molecule has 0 bridgehead atoms. The molecule has 0 spiro atoms. The van der Waals surface area contributed by atoms with Crippen LogP contribution in [0.2, 0.25) is 0 Å². The number of aromatic nitrogens is 1. The van der Waals surface area contributed by atoms with Crippen molar-refractivity contribution >= 4 is 5.91 Å². The summed E-state index contributed by atoms with van der Waals surface area (Å²) >= 11 is 0. The minimum absolute atomic E-state index is 0.311. The molecule has 1 aliphatic heterocycles. The van der Waals surface area contributed by atoms with Crippen LogP contribution >= 0.6 is 0 Å². The Morgan fingerprint density at radius 1 is 1.48 bits per heavy atom. The number of pyridine rings is 1. The molecule has 1 aliphatic rings. The molecule has 21 heavy (non-hydrogen) atoms. The Labute approximate surface area is 126 Å². The number of nitrogen functional groups attached to an aromatic ring is 1. The molecular formula is C15H25N5O. The van der Waals surface area contributed by atoms with Crippen LogP contribution in [-0.2, 0) is 6.54 Å². The highest BCUT2D eigenvalue weighted by atomic mass is 16.2. The summed E-state index contributed by atoms with van der Waals surface area (Å²) in [6.07, 6.45) is 4.11. The molecule has 0 unspecified atom stereocenters. The number of likely N-dealkylation sites (tertiary alicyclic amines) is 1. The highest BCUT2D eigenvalue weighted by Crippen LogP contribution is 2.17. The molecule has 0 aliphatic carbocycles. The minimum atomic E-state index is -0.311. The third-order valence-electron chi connectivity index (χ3n) is 4.06. The summed E-state index contributed by atoms with van der Waals surface area (Å²) in [6, 6.07) is 3.64. The first-order chi connectivity index (χ1) is 10.1. The van der Waals surface area contributed by atoms with Gasteiger partial charge in [-0.25, -0.2) is 5.84 Å². The number of nitrogens with one attached hydrogen (secondary N) is 1. The van der Waals surface area contributed by atoms with E-state index in [-0.39, 0.29) is 5.91 Å². The van der Waals surface area contributed by atoms with E-state index in [9.17, 15) is 4.79 Å². The van der Waals surface area contributed by atoms with Crippen molar-refractivity contribution in [2.45, 2.75) is 19.4 Å². The molecule has 0 atom stereocenters. The van der Waals surface area contributed by atoms with Crippen LogP contribution in [0.1, 0.15) is 28.9 Å². The van der Waals surface area contributed by atoms with Crippen LogP contribution in [0.4, 0.5) is 0 Å². The highest BCUT2D eigenvalue weighted by Gasteiger charge is 2.18. The lowest BCUT2D eigenvalue weighted by atomic mass is 9.96. The molecule has 2 rings (SSSR count). The molecule has 1 aromatic heterocycles. The molecule has 6 heteroatoms. The normalized spacial score (nSPS) is 17.1. The summed E-state index contributed by atoms with van der Waals surface area (Å²) in [5.41, 5.74) is 3.56. The van der Waals surface area contributed by atoms with Crippen LogP contribution in [-0.4, -0.2) is 54.4 Å². The maximum Gasteiger partial charge on any atom is 0.266 e. The summed E-state index contributed by atoms with van der Waals surface area (Å²) in [5, 5.41) is 0. The quantitative estimate of drug-likeness (QED) is 0.468. The summed E-state index contributed by atoms with van der Waals surface area (Å²) in [6.45, 7) is 4.29. The number of carbonyl (C=O) groups excluding carboxylic acids is 1. The van der Waals surface area contributed by atoms with Gasteiger partial charge in [-0.1, -0.05) is 0 Å². The largest absolute Gasteiger partial charge is 0.306 e. The summed E-state index contributed by atoms with van der Waals surface area (Å²) in [4.78, 5) is 20.4. The van der Waals surface area contributed by atoms with Gasteiger partial charge < -0.3 is 9.80 Å². The van der Waals surface area contributed by atoms with Gasteiger partial charge in [-0.05, 0) is 58.1 Å². The monoisotopic (exact) mass is 291 g/mol. The second-order valence-corrected chi connectivity index (χ2v) is 5.96. The Balaban J connectivity index is 1.82. The summed E-state index contributed by atoms with van der Waals surface area (Å²) in [5.74, 6) is 5.56. The van der Waals surface area contributed by atoms with Crippen LogP contribution in [0.15, 0.2) is 18.3 Å². The van der Waals surface area contributed by atoms with Crippen molar-refractivity contribution < 1.29 is 4.79 Å². The van der Waals surface area contributed by atoms with E-state index in [2.05, 4.69) is 34.3 Å². The maximum absolute atomic E-state index is 11.3. The zero-order chi connectivity index (χ0) is 15.2. The fourth-order valence-corrected chi connectivity index (χ4v) is 2.76. The first-order valence-corrected chi connectivity index (χ1v) is 7.41. The van der Waals surface area contributed by atoms with E-state index >= 15 is 0 Å². The number of hydrogen-bond acceptors (Lipinski definition) is 5. The predicted octanol–water partition coefficient (Wildman–Crippen LogP) is 0.459. The molecule has 116 valence electrons. The van der Waals surface area contributed by atoms with E-state index in [4.69, 9.17) is 5.84 Å². The number of nitrogens with two attached hydrogens (primary N) is 1. The molecular weight excluding hydrogens is 266 g/mol. The van der Waals surface area contributed by atoms with Gasteiger partial charge in [0.25, 0.3) is 5.91 Å². The number of hydrazine groups is 1. The van der Waals surface area contributed by atoms with Crippen molar-refractivity contribution in [3.63, 3.8) is 0 Å². The van der Waals surface area contributed by atoms with E-state index in [1.807, 2.05) is 6.07 Å². The standard InChI is InChI=1S/C15H25N5O/c1-19-7-5-12(6-8-19)10-20(2)11-14-4-3-13(9-17-14)15(21)18-16/h3-4,9,12H,5-8,10-11,16H2,1-2H3,(H,18,21). The second-order valence-electron chi connectivity index (χ2n) is 5.96. The van der Waals surface area contributed by atoms with Gasteiger partial charge in [-0.15, -0.1) is 0 Å². The van der Waals surface area contributed by atoms with Crippen molar-refractivity contribution in [1.82, 2.24) is 20.2 Å². The van der Waals surface area contributed by atoms with Gasteiger partial charge >= 0.3 is 0 Å². The van der Waals surface area contributed by atoms with Crippen LogP contribution in [0, 0.1) is 5.92 Å². The van der Waals surface area contributed by atoms with Crippen molar-refractivity contribution in [1.29, 1.82) is 0 Å². The maximum atomic E-state index is 11.3. The van der Waals surface area contributed by atoms with Crippen LogP contribution in [0.5, 0.6) is 0 Å². The SMILES string of the molecule is CN1CCC(CN(C)Cc2ccc(C(=O)NN)cn2)CC1. The van der Waals surface area contributed by atoms with E-state index in [0.29, 0.717) is 5.56 Å². The molecule has 6 nitrogen and oxygen atoms in total. The molecule has 1 fully saturated rings. The van der Waals surface area contributed by atoms with Gasteiger partial charge in [0.1, 0.15) is 0 Å². The Morgan fingerprint density at radius 2 is 2.19 bits per heavy atom. The molecule has 0 saturated carbocycles.